The number of benzene rings is 2. The number of aryl methyl sites for hydroxylation is 1. The zero-order valence-electron chi connectivity index (χ0n) is 13.5. The Morgan fingerprint density at radius 3 is 2.68 bits per heavy atom. The zero-order chi connectivity index (χ0) is 18.4. The van der Waals surface area contributed by atoms with E-state index in [1.165, 1.54) is 30.3 Å². The first-order valence-corrected chi connectivity index (χ1v) is 8.88. The van der Waals surface area contributed by atoms with Gasteiger partial charge in [-0.15, -0.1) is 6.42 Å². The van der Waals surface area contributed by atoms with Crippen LogP contribution in [-0.2, 0) is 16.6 Å². The predicted molar refractivity (Wildman–Crippen MR) is 92.8 cm³/mol. The summed E-state index contributed by atoms with van der Waals surface area (Å²) in [5.74, 6) is 1.37. The fraction of sp³-hybridized carbons (Fsp3) is 0.167. The summed E-state index contributed by atoms with van der Waals surface area (Å²) in [6.45, 7) is 1.64. The Hall–Kier alpha value is -2.69. The molecule has 2 aromatic carbocycles. The number of hydrogen-bond donors (Lipinski definition) is 2. The molecule has 0 spiro atoms. The molecule has 130 valence electrons. The normalized spacial score (nSPS) is 10.9. The van der Waals surface area contributed by atoms with Crippen molar-refractivity contribution in [2.45, 2.75) is 18.4 Å². The van der Waals surface area contributed by atoms with E-state index in [-0.39, 0.29) is 29.4 Å². The minimum atomic E-state index is -3.78. The van der Waals surface area contributed by atoms with Gasteiger partial charge >= 0.3 is 0 Å². The topological polar surface area (TPSA) is 75.3 Å². The first-order chi connectivity index (χ1) is 11.8. The van der Waals surface area contributed by atoms with Crippen molar-refractivity contribution in [3.05, 3.63) is 65.0 Å². The first-order valence-electron chi connectivity index (χ1n) is 7.40. The molecular weight excluding hydrogens is 343 g/mol. The van der Waals surface area contributed by atoms with Crippen LogP contribution in [0.2, 0.25) is 0 Å². The van der Waals surface area contributed by atoms with Crippen LogP contribution in [0.25, 0.3) is 0 Å². The molecule has 7 heteroatoms. The third kappa shape index (κ3) is 4.89. The summed E-state index contributed by atoms with van der Waals surface area (Å²) in [4.78, 5) is 12.2. The predicted octanol–water partition coefficient (Wildman–Crippen LogP) is 1.98. The van der Waals surface area contributed by atoms with Crippen molar-refractivity contribution in [3.8, 4) is 12.3 Å². The first kappa shape index (κ1) is 18.6. The highest BCUT2D eigenvalue weighted by Crippen LogP contribution is 2.12. The van der Waals surface area contributed by atoms with Gasteiger partial charge in [0.15, 0.2) is 0 Å². The van der Waals surface area contributed by atoms with E-state index >= 15 is 0 Å². The van der Waals surface area contributed by atoms with Crippen molar-refractivity contribution < 1.29 is 17.6 Å². The highest BCUT2D eigenvalue weighted by atomic mass is 32.2. The number of sulfonamides is 1. The molecule has 0 aliphatic carbocycles. The van der Waals surface area contributed by atoms with Gasteiger partial charge in [0.1, 0.15) is 5.82 Å². The van der Waals surface area contributed by atoms with Crippen molar-refractivity contribution >= 4 is 15.9 Å². The van der Waals surface area contributed by atoms with Crippen molar-refractivity contribution in [2.24, 2.45) is 0 Å². The molecule has 2 aromatic rings. The van der Waals surface area contributed by atoms with Gasteiger partial charge in [-0.25, -0.2) is 12.8 Å². The number of carbonyl (C=O) groups is 1. The Bertz CT molecular complexity index is 934. The van der Waals surface area contributed by atoms with Crippen LogP contribution in [0.15, 0.2) is 47.4 Å². The molecule has 25 heavy (non-hydrogen) atoms. The van der Waals surface area contributed by atoms with Crippen LogP contribution in [-0.4, -0.2) is 20.9 Å². The van der Waals surface area contributed by atoms with E-state index in [9.17, 15) is 17.6 Å². The molecule has 2 N–H and O–H groups in total. The maximum Gasteiger partial charge on any atom is 0.251 e. The fourth-order valence-electron chi connectivity index (χ4n) is 2.06. The van der Waals surface area contributed by atoms with E-state index in [1.807, 2.05) is 0 Å². The molecular formula is C18H17FN2O3S. The Morgan fingerprint density at radius 1 is 1.24 bits per heavy atom. The largest absolute Gasteiger partial charge is 0.348 e. The van der Waals surface area contributed by atoms with E-state index in [0.29, 0.717) is 11.1 Å². The summed E-state index contributed by atoms with van der Waals surface area (Å²) < 4.78 is 39.8. The lowest BCUT2D eigenvalue weighted by molar-refractivity contribution is 0.0950. The fourth-order valence-corrected chi connectivity index (χ4v) is 3.04. The number of terminal acetylenes is 1. The summed E-state index contributed by atoms with van der Waals surface area (Å²) in [6, 6.07) is 10.3. The quantitative estimate of drug-likeness (QED) is 0.774. The SMILES string of the molecule is C#CCNS(=O)(=O)c1cccc(C(=O)NCc2ccc(C)c(F)c2)c1. The molecule has 0 radical (unpaired) electrons. The van der Waals surface area contributed by atoms with Crippen LogP contribution in [0.5, 0.6) is 0 Å². The van der Waals surface area contributed by atoms with Gasteiger partial charge in [-0.2, -0.15) is 4.72 Å². The molecule has 0 saturated carbocycles. The van der Waals surface area contributed by atoms with Crippen LogP contribution >= 0.6 is 0 Å². The van der Waals surface area contributed by atoms with E-state index in [2.05, 4.69) is 16.0 Å². The van der Waals surface area contributed by atoms with E-state index < -0.39 is 15.9 Å². The Balaban J connectivity index is 2.11. The molecule has 0 aromatic heterocycles. The van der Waals surface area contributed by atoms with E-state index in [0.717, 1.165) is 0 Å². The molecule has 2 rings (SSSR count). The minimum absolute atomic E-state index is 0.0585. The van der Waals surface area contributed by atoms with Crippen LogP contribution < -0.4 is 10.0 Å². The third-order valence-electron chi connectivity index (χ3n) is 3.46. The average molecular weight is 360 g/mol. The number of carbonyl (C=O) groups excluding carboxylic acids is 1. The lowest BCUT2D eigenvalue weighted by atomic mass is 10.1. The van der Waals surface area contributed by atoms with Crippen LogP contribution in [0.3, 0.4) is 0 Å². The van der Waals surface area contributed by atoms with E-state index in [1.54, 1.807) is 19.1 Å². The zero-order valence-corrected chi connectivity index (χ0v) is 14.4. The van der Waals surface area contributed by atoms with Crippen LogP contribution in [0.4, 0.5) is 4.39 Å². The van der Waals surface area contributed by atoms with Gasteiger partial charge < -0.3 is 5.32 Å². The average Bonchev–Trinajstić information content (AvgIpc) is 2.61. The Labute approximate surface area is 146 Å². The smallest absolute Gasteiger partial charge is 0.251 e. The third-order valence-corrected chi connectivity index (χ3v) is 4.86. The molecule has 0 unspecified atom stereocenters. The number of rotatable bonds is 6. The lowest BCUT2D eigenvalue weighted by Crippen LogP contribution is -2.26. The summed E-state index contributed by atoms with van der Waals surface area (Å²) in [6.07, 6.45) is 5.04. The lowest BCUT2D eigenvalue weighted by Gasteiger charge is -2.08. The minimum Gasteiger partial charge on any atom is -0.348 e. The van der Waals surface area contributed by atoms with Crippen molar-refractivity contribution in [2.75, 3.05) is 6.54 Å². The van der Waals surface area contributed by atoms with E-state index in [4.69, 9.17) is 6.42 Å². The molecule has 1 amide bonds. The maximum absolute atomic E-state index is 13.5. The van der Waals surface area contributed by atoms with Gasteiger partial charge in [-0.3, -0.25) is 4.79 Å². The molecule has 0 bridgehead atoms. The van der Waals surface area contributed by atoms with Gasteiger partial charge in [-0.1, -0.05) is 24.1 Å². The van der Waals surface area contributed by atoms with Gasteiger partial charge in [0.2, 0.25) is 10.0 Å². The Kier molecular flexibility index (Phi) is 5.91. The molecule has 0 atom stereocenters. The highest BCUT2D eigenvalue weighted by molar-refractivity contribution is 7.89. The molecule has 0 saturated heterocycles. The monoisotopic (exact) mass is 360 g/mol. The second-order valence-electron chi connectivity index (χ2n) is 5.32. The molecule has 5 nitrogen and oxygen atoms in total. The van der Waals surface area contributed by atoms with Gasteiger partial charge in [0, 0.05) is 12.1 Å². The van der Waals surface area contributed by atoms with Crippen LogP contribution in [0, 0.1) is 25.1 Å². The maximum atomic E-state index is 13.5. The van der Waals surface area contributed by atoms with Crippen molar-refractivity contribution in [1.29, 1.82) is 0 Å². The second kappa shape index (κ2) is 7.92. The highest BCUT2D eigenvalue weighted by Gasteiger charge is 2.15. The number of hydrogen-bond acceptors (Lipinski definition) is 3. The Morgan fingerprint density at radius 2 is 2.00 bits per heavy atom. The molecule has 0 aliphatic heterocycles. The summed E-state index contributed by atoms with van der Waals surface area (Å²) in [5, 5.41) is 2.63. The summed E-state index contributed by atoms with van der Waals surface area (Å²) in [7, 11) is -3.78. The van der Waals surface area contributed by atoms with Gasteiger partial charge in [-0.05, 0) is 42.3 Å². The van der Waals surface area contributed by atoms with Crippen molar-refractivity contribution in [3.63, 3.8) is 0 Å². The number of halogens is 1. The van der Waals surface area contributed by atoms with Crippen LogP contribution in [0.1, 0.15) is 21.5 Å². The summed E-state index contributed by atoms with van der Waals surface area (Å²) in [5.41, 5.74) is 1.31. The number of amides is 1. The number of nitrogens with one attached hydrogen (secondary N) is 2. The second-order valence-corrected chi connectivity index (χ2v) is 7.09. The molecule has 0 fully saturated rings. The van der Waals surface area contributed by atoms with Gasteiger partial charge in [0.25, 0.3) is 5.91 Å². The molecule has 0 aliphatic rings. The van der Waals surface area contributed by atoms with Gasteiger partial charge in [0.05, 0.1) is 11.4 Å². The summed E-state index contributed by atoms with van der Waals surface area (Å²) >= 11 is 0. The standard InChI is InChI=1S/C18H17FN2O3S/c1-3-9-21-25(23,24)16-6-4-5-15(11-16)18(22)20-12-14-8-7-13(2)17(19)10-14/h1,4-8,10-11,21H,9,12H2,2H3,(H,20,22). The molecule has 0 heterocycles. The van der Waals surface area contributed by atoms with Crippen molar-refractivity contribution in [1.82, 2.24) is 10.0 Å².